The van der Waals surface area contributed by atoms with Crippen LogP contribution in [-0.2, 0) is 20.9 Å². The number of nitrogens with two attached hydrogens (primary N) is 1. The zero-order valence-corrected chi connectivity index (χ0v) is 26.6. The SMILES string of the molecule is CN(C)CCn1nnnc1SCC1(C(=O)O)CS[C@@H]2C(NC(=O)C(=C(Cl)Cl)c3csc(N)n3)C(=O)N2C1.[H-].[Na+]. The van der Waals surface area contributed by atoms with Crippen LogP contribution in [0.4, 0.5) is 5.13 Å². The molecule has 4 N–H and O–H groups in total. The van der Waals surface area contributed by atoms with Gasteiger partial charge in [-0.3, -0.25) is 14.4 Å². The summed E-state index contributed by atoms with van der Waals surface area (Å²) in [5, 5.41) is 26.3. The molecule has 0 bridgehead atoms. The number of rotatable bonds is 10. The van der Waals surface area contributed by atoms with Crippen LogP contribution in [0.1, 0.15) is 7.12 Å². The minimum absolute atomic E-state index is 0. The van der Waals surface area contributed by atoms with E-state index in [1.54, 1.807) is 4.68 Å². The summed E-state index contributed by atoms with van der Waals surface area (Å²) in [6.45, 7) is 1.28. The molecule has 2 aromatic heterocycles. The molecule has 2 amide bonds. The van der Waals surface area contributed by atoms with Gasteiger partial charge < -0.3 is 27.4 Å². The molecule has 2 aliphatic rings. The van der Waals surface area contributed by atoms with E-state index in [0.717, 1.165) is 17.9 Å². The number of carboxylic acids is 1. The van der Waals surface area contributed by atoms with Crippen molar-refractivity contribution in [3.05, 3.63) is 15.6 Å². The van der Waals surface area contributed by atoms with E-state index >= 15 is 0 Å². The maximum absolute atomic E-state index is 13.0. The van der Waals surface area contributed by atoms with Gasteiger partial charge in [0.1, 0.15) is 21.3 Å². The molecule has 4 rings (SSSR count). The molecule has 0 aromatic carbocycles. The number of hydrogen-bond acceptors (Lipinski definition) is 12. The number of thiazole rings is 1. The molecule has 202 valence electrons. The van der Waals surface area contributed by atoms with Crippen LogP contribution in [0.15, 0.2) is 15.0 Å². The zero-order chi connectivity index (χ0) is 26.9. The van der Waals surface area contributed by atoms with Crippen LogP contribution >= 0.6 is 58.1 Å². The van der Waals surface area contributed by atoms with Crippen molar-refractivity contribution in [3.8, 4) is 0 Å². The van der Waals surface area contributed by atoms with E-state index in [9.17, 15) is 19.5 Å². The number of tetrazole rings is 1. The summed E-state index contributed by atoms with van der Waals surface area (Å²) in [5.41, 5.74) is 4.55. The molecule has 2 unspecified atom stereocenters. The van der Waals surface area contributed by atoms with E-state index in [1.165, 1.54) is 33.8 Å². The Labute approximate surface area is 264 Å². The fraction of sp³-hybridized carbons (Fsp3) is 0.526. The first-order valence-electron chi connectivity index (χ1n) is 10.8. The molecule has 4 heterocycles. The van der Waals surface area contributed by atoms with Gasteiger partial charge in [0.2, 0.25) is 11.1 Å². The van der Waals surface area contributed by atoms with E-state index in [4.69, 9.17) is 28.9 Å². The smallest absolute Gasteiger partial charge is 1.00 e. The van der Waals surface area contributed by atoms with Crippen LogP contribution in [0.2, 0.25) is 0 Å². The molecule has 0 saturated carbocycles. The van der Waals surface area contributed by atoms with Crippen LogP contribution in [0.3, 0.4) is 0 Å². The summed E-state index contributed by atoms with van der Waals surface area (Å²) in [5.74, 6) is -1.67. The normalized spacial score (nSPS) is 22.3. The maximum atomic E-state index is 13.0. The van der Waals surface area contributed by atoms with E-state index in [0.29, 0.717) is 11.7 Å². The number of nitrogens with one attached hydrogen (secondary N) is 1. The largest absolute Gasteiger partial charge is 1.00 e. The molecule has 38 heavy (non-hydrogen) atoms. The van der Waals surface area contributed by atoms with Gasteiger partial charge in [0, 0.05) is 30.0 Å². The third-order valence-electron chi connectivity index (χ3n) is 5.81. The molecule has 2 saturated heterocycles. The summed E-state index contributed by atoms with van der Waals surface area (Å²) >= 11 is 15.5. The molecule has 3 atom stereocenters. The second-order valence-electron chi connectivity index (χ2n) is 8.69. The Morgan fingerprint density at radius 1 is 1.42 bits per heavy atom. The number of aromatic nitrogens is 5. The number of carbonyl (C=O) groups excluding carboxylic acids is 2. The molecule has 2 aromatic rings. The summed E-state index contributed by atoms with van der Waals surface area (Å²) in [6.07, 6.45) is 0. The topological polar surface area (TPSA) is 172 Å². The first-order valence-corrected chi connectivity index (χ1v) is 14.5. The number of β-lactam (4-membered cyclic amide) rings is 1. The van der Waals surface area contributed by atoms with Crippen molar-refractivity contribution in [1.29, 1.82) is 0 Å². The fourth-order valence-corrected chi connectivity index (χ4v) is 7.44. The predicted octanol–water partition coefficient (Wildman–Crippen LogP) is -2.20. The predicted molar refractivity (Wildman–Crippen MR) is 143 cm³/mol. The third-order valence-corrected chi connectivity index (χ3v) is 9.70. The van der Waals surface area contributed by atoms with Gasteiger partial charge in [-0.05, 0) is 24.5 Å². The Hall–Kier alpha value is -1.11. The molecule has 19 heteroatoms. The van der Waals surface area contributed by atoms with Gasteiger partial charge in [-0.15, -0.1) is 28.2 Å². The van der Waals surface area contributed by atoms with Crippen molar-refractivity contribution < 1.29 is 50.5 Å². The van der Waals surface area contributed by atoms with Crippen LogP contribution in [0, 0.1) is 5.41 Å². The number of aliphatic carboxylic acids is 1. The number of carboxylic acid groups (broad SMARTS) is 1. The molecular weight excluding hydrogens is 608 g/mol. The maximum Gasteiger partial charge on any atom is 1.00 e. The van der Waals surface area contributed by atoms with Crippen molar-refractivity contribution in [3.63, 3.8) is 0 Å². The number of hydrogen-bond donors (Lipinski definition) is 3. The molecule has 13 nitrogen and oxygen atoms in total. The summed E-state index contributed by atoms with van der Waals surface area (Å²) in [6, 6.07) is -0.853. The molecule has 0 spiro atoms. The average Bonchev–Trinajstić information content (AvgIpc) is 3.47. The second-order valence-corrected chi connectivity index (χ2v) is 12.6. The standard InChI is InChI=1S/C19H23Cl2N9O4S3.Na.H/c1-28(2)3-4-30-18(25-26-27-30)37-8-19(16(33)34)6-29-14(32)11(15(29)36-7-19)24-13(31)10(12(20)21)9-5-35-17(22)23-9;;/h5,11,15H,3-4,6-8H2,1-2H3,(H2,22,23)(H,24,31)(H,33,34);;/q;+1;-1/t11?,15-,19?;;/m1../s1. The summed E-state index contributed by atoms with van der Waals surface area (Å²) < 4.78 is 1.32. The zero-order valence-electron chi connectivity index (χ0n) is 21.6. The molecule has 0 radical (unpaired) electrons. The Kier molecular flexibility index (Phi) is 10.8. The van der Waals surface area contributed by atoms with Crippen molar-refractivity contribution in [2.75, 3.05) is 44.4 Å². The van der Waals surface area contributed by atoms with Gasteiger partial charge in [-0.1, -0.05) is 35.0 Å². The third kappa shape index (κ3) is 6.61. The van der Waals surface area contributed by atoms with Crippen LogP contribution < -0.4 is 40.6 Å². The van der Waals surface area contributed by atoms with E-state index in [-0.39, 0.29) is 75.8 Å². The quantitative estimate of drug-likeness (QED) is 0.112. The van der Waals surface area contributed by atoms with Crippen molar-refractivity contribution in [2.24, 2.45) is 5.41 Å². The van der Waals surface area contributed by atoms with Gasteiger partial charge >= 0.3 is 35.5 Å². The minimum Gasteiger partial charge on any atom is -1.00 e. The number of anilines is 1. The summed E-state index contributed by atoms with van der Waals surface area (Å²) in [4.78, 5) is 45.7. The minimum atomic E-state index is -1.21. The molecule has 2 aliphatic heterocycles. The Balaban J connectivity index is 0.00000267. The second kappa shape index (κ2) is 13.0. The first-order chi connectivity index (χ1) is 17.5. The van der Waals surface area contributed by atoms with Crippen LogP contribution in [0.5, 0.6) is 0 Å². The number of halogens is 2. The Bertz CT molecular complexity index is 1250. The fourth-order valence-electron chi connectivity index (χ4n) is 3.76. The van der Waals surface area contributed by atoms with Gasteiger partial charge in [0.15, 0.2) is 5.13 Å². The van der Waals surface area contributed by atoms with Crippen molar-refractivity contribution >= 4 is 86.6 Å². The number of fused-ring (bicyclic) bond motifs is 1. The monoisotopic (exact) mass is 631 g/mol. The van der Waals surface area contributed by atoms with E-state index in [1.807, 2.05) is 19.0 Å². The average molecular weight is 633 g/mol. The number of nitrogen functional groups attached to an aromatic ring is 1. The summed E-state index contributed by atoms with van der Waals surface area (Å²) in [7, 11) is 3.87. The number of thioether (sulfide) groups is 2. The molecule has 2 fully saturated rings. The van der Waals surface area contributed by atoms with Gasteiger partial charge in [-0.2, -0.15) is 0 Å². The molecule has 0 aliphatic carbocycles. The number of likely N-dealkylation sites (N-methyl/N-ethyl adjacent to an activating group) is 1. The van der Waals surface area contributed by atoms with Gasteiger partial charge in [0.05, 0.1) is 17.8 Å². The molecular formula is C19H24Cl2N9NaO4S3. The Morgan fingerprint density at radius 3 is 2.76 bits per heavy atom. The van der Waals surface area contributed by atoms with Crippen LogP contribution in [0.25, 0.3) is 5.57 Å². The number of carbonyl (C=O) groups is 3. The van der Waals surface area contributed by atoms with E-state index in [2.05, 4.69) is 25.8 Å². The Morgan fingerprint density at radius 2 is 2.16 bits per heavy atom. The van der Waals surface area contributed by atoms with Crippen LogP contribution in [-0.4, -0.2) is 108 Å². The van der Waals surface area contributed by atoms with Crippen molar-refractivity contribution in [1.82, 2.24) is 40.3 Å². The van der Waals surface area contributed by atoms with E-state index < -0.39 is 28.7 Å². The van der Waals surface area contributed by atoms with Gasteiger partial charge in [0.25, 0.3) is 5.91 Å². The van der Waals surface area contributed by atoms with Gasteiger partial charge in [-0.25, -0.2) is 9.67 Å². The van der Waals surface area contributed by atoms with Crippen molar-refractivity contribution in [2.45, 2.75) is 23.1 Å². The number of amides is 2. The number of nitrogens with zero attached hydrogens (tertiary/aromatic N) is 7. The first kappa shape index (κ1) is 31.4.